The van der Waals surface area contributed by atoms with Crippen molar-refractivity contribution in [2.45, 2.75) is 57.8 Å². The highest BCUT2D eigenvalue weighted by molar-refractivity contribution is 6.14. The number of aliphatic imine (C=N–C) groups is 1. The molecule has 0 saturated carbocycles. The highest BCUT2D eigenvalue weighted by Crippen LogP contribution is 2.34. The van der Waals surface area contributed by atoms with Crippen LogP contribution in [0.4, 0.5) is 4.39 Å². The molecular formula is C31H32FN3O. The minimum absolute atomic E-state index is 0.142. The van der Waals surface area contributed by atoms with Crippen molar-refractivity contribution in [2.75, 3.05) is 13.1 Å². The van der Waals surface area contributed by atoms with Gasteiger partial charge >= 0.3 is 0 Å². The first-order chi connectivity index (χ1) is 17.5. The Labute approximate surface area is 212 Å². The molecule has 2 atom stereocenters. The summed E-state index contributed by atoms with van der Waals surface area (Å²) < 4.78 is 13.9. The van der Waals surface area contributed by atoms with Crippen LogP contribution in [0.25, 0.3) is 0 Å². The first-order valence-corrected chi connectivity index (χ1v) is 13.1. The fourth-order valence-electron chi connectivity index (χ4n) is 6.03. The molecule has 0 N–H and O–H groups in total. The van der Waals surface area contributed by atoms with E-state index in [1.54, 1.807) is 12.1 Å². The van der Waals surface area contributed by atoms with E-state index >= 15 is 0 Å². The minimum atomic E-state index is -0.234. The summed E-state index contributed by atoms with van der Waals surface area (Å²) in [5.74, 6) is 0.269. The summed E-state index contributed by atoms with van der Waals surface area (Å²) in [6.45, 7) is 8.00. The van der Waals surface area contributed by atoms with Gasteiger partial charge in [0.1, 0.15) is 5.82 Å². The van der Waals surface area contributed by atoms with Gasteiger partial charge in [-0.25, -0.2) is 4.39 Å². The van der Waals surface area contributed by atoms with E-state index in [0.29, 0.717) is 12.0 Å². The number of piperidine rings is 1. The number of hydrogen-bond donors (Lipinski definition) is 0. The average Bonchev–Trinajstić information content (AvgIpc) is 3.23. The SMILES string of the molecule is CC1N=C(c2cccc(F)c2)c2ccc(CN3CCC(N4Cc5ccccc5C4=O)CC3)cc2C1C. The van der Waals surface area contributed by atoms with Gasteiger partial charge in [0.25, 0.3) is 5.91 Å². The molecule has 3 heterocycles. The summed E-state index contributed by atoms with van der Waals surface area (Å²) in [5.41, 5.74) is 7.46. The van der Waals surface area contributed by atoms with Crippen LogP contribution in [0.15, 0.2) is 71.7 Å². The highest BCUT2D eigenvalue weighted by Gasteiger charge is 2.34. The number of nitrogens with zero attached hydrogens (tertiary/aromatic N) is 3. The van der Waals surface area contributed by atoms with Gasteiger partial charge in [-0.1, -0.05) is 55.5 Å². The lowest BCUT2D eigenvalue weighted by molar-refractivity contribution is 0.0590. The number of fused-ring (bicyclic) bond motifs is 2. The Kier molecular flexibility index (Phi) is 5.96. The van der Waals surface area contributed by atoms with Crippen LogP contribution >= 0.6 is 0 Å². The maximum atomic E-state index is 13.9. The molecule has 1 saturated heterocycles. The van der Waals surface area contributed by atoms with Gasteiger partial charge in [-0.3, -0.25) is 14.7 Å². The van der Waals surface area contributed by atoms with E-state index in [4.69, 9.17) is 4.99 Å². The molecule has 3 aromatic carbocycles. The maximum Gasteiger partial charge on any atom is 0.254 e. The standard InChI is InChI=1S/C31H32FN3O/c1-20-21(2)33-30(23-7-5-8-25(32)17-23)28-11-10-22(16-29(20)28)18-34-14-12-26(13-15-34)35-19-24-6-3-4-9-27(24)31(35)36/h3-11,16-17,20-21,26H,12-15,18-19H2,1-2H3. The first-order valence-electron chi connectivity index (χ1n) is 13.1. The van der Waals surface area contributed by atoms with Crippen molar-refractivity contribution < 1.29 is 9.18 Å². The number of likely N-dealkylation sites (tertiary alicyclic amines) is 1. The summed E-state index contributed by atoms with van der Waals surface area (Å²) >= 11 is 0. The second-order valence-electron chi connectivity index (χ2n) is 10.5. The van der Waals surface area contributed by atoms with Crippen molar-refractivity contribution in [1.29, 1.82) is 0 Å². The average molecular weight is 482 g/mol. The van der Waals surface area contributed by atoms with Gasteiger partial charge in [0, 0.05) is 54.8 Å². The molecule has 36 heavy (non-hydrogen) atoms. The van der Waals surface area contributed by atoms with Gasteiger partial charge < -0.3 is 4.90 Å². The molecular weight excluding hydrogens is 449 g/mol. The van der Waals surface area contributed by atoms with Crippen molar-refractivity contribution in [2.24, 2.45) is 4.99 Å². The topological polar surface area (TPSA) is 35.9 Å². The molecule has 5 heteroatoms. The molecule has 0 aromatic heterocycles. The number of rotatable bonds is 4. The van der Waals surface area contributed by atoms with E-state index in [9.17, 15) is 9.18 Å². The molecule has 2 unspecified atom stereocenters. The minimum Gasteiger partial charge on any atom is -0.331 e. The molecule has 1 amide bonds. The molecule has 3 aliphatic heterocycles. The second kappa shape index (κ2) is 9.29. The Bertz CT molecular complexity index is 1340. The quantitative estimate of drug-likeness (QED) is 0.473. The van der Waals surface area contributed by atoms with E-state index in [1.807, 2.05) is 24.3 Å². The summed E-state index contributed by atoms with van der Waals surface area (Å²) in [6.07, 6.45) is 2.02. The van der Waals surface area contributed by atoms with Gasteiger partial charge in [-0.15, -0.1) is 0 Å². The number of hydrogen-bond acceptors (Lipinski definition) is 3. The zero-order valence-electron chi connectivity index (χ0n) is 21.0. The molecule has 0 radical (unpaired) electrons. The summed E-state index contributed by atoms with van der Waals surface area (Å²) in [6, 6.07) is 21.9. The van der Waals surface area contributed by atoms with E-state index < -0.39 is 0 Å². The van der Waals surface area contributed by atoms with Gasteiger partial charge in [0.05, 0.1) is 11.8 Å². The monoisotopic (exact) mass is 481 g/mol. The normalized spacial score (nSPS) is 22.4. The summed E-state index contributed by atoms with van der Waals surface area (Å²) in [4.78, 5) is 22.4. The summed E-state index contributed by atoms with van der Waals surface area (Å²) in [7, 11) is 0. The molecule has 3 aromatic rings. The molecule has 0 aliphatic carbocycles. The predicted molar refractivity (Wildman–Crippen MR) is 141 cm³/mol. The number of amides is 1. The number of benzene rings is 3. The van der Waals surface area contributed by atoms with Gasteiger partial charge in [0.2, 0.25) is 0 Å². The Morgan fingerprint density at radius 3 is 2.53 bits per heavy atom. The molecule has 0 spiro atoms. The summed E-state index contributed by atoms with van der Waals surface area (Å²) in [5, 5.41) is 0. The second-order valence-corrected chi connectivity index (χ2v) is 10.5. The lowest BCUT2D eigenvalue weighted by Crippen LogP contribution is -2.44. The zero-order chi connectivity index (χ0) is 24.8. The Morgan fingerprint density at radius 2 is 1.75 bits per heavy atom. The Balaban J connectivity index is 1.15. The lowest BCUT2D eigenvalue weighted by atomic mass is 9.83. The van der Waals surface area contributed by atoms with Crippen molar-refractivity contribution in [3.63, 3.8) is 0 Å². The van der Waals surface area contributed by atoms with Crippen LogP contribution in [0.3, 0.4) is 0 Å². The van der Waals surface area contributed by atoms with Crippen molar-refractivity contribution >= 4 is 11.6 Å². The van der Waals surface area contributed by atoms with Gasteiger partial charge in [-0.2, -0.15) is 0 Å². The smallest absolute Gasteiger partial charge is 0.254 e. The predicted octanol–water partition coefficient (Wildman–Crippen LogP) is 5.79. The third kappa shape index (κ3) is 4.16. The zero-order valence-corrected chi connectivity index (χ0v) is 21.0. The van der Waals surface area contributed by atoms with Crippen LogP contribution in [0.5, 0.6) is 0 Å². The molecule has 184 valence electrons. The van der Waals surface area contributed by atoms with Crippen molar-refractivity contribution in [1.82, 2.24) is 9.80 Å². The van der Waals surface area contributed by atoms with E-state index in [-0.39, 0.29) is 17.8 Å². The van der Waals surface area contributed by atoms with E-state index in [0.717, 1.165) is 67.0 Å². The Hall–Kier alpha value is -3.31. The van der Waals surface area contributed by atoms with Gasteiger partial charge in [-0.05, 0) is 54.7 Å². The lowest BCUT2D eigenvalue weighted by Gasteiger charge is -2.37. The van der Waals surface area contributed by atoms with Crippen LogP contribution in [0, 0.1) is 5.82 Å². The highest BCUT2D eigenvalue weighted by atomic mass is 19.1. The molecule has 3 aliphatic rings. The van der Waals surface area contributed by atoms with Crippen LogP contribution < -0.4 is 0 Å². The molecule has 6 rings (SSSR count). The largest absolute Gasteiger partial charge is 0.331 e. The maximum absolute atomic E-state index is 13.9. The first kappa shape index (κ1) is 23.1. The van der Waals surface area contributed by atoms with Crippen molar-refractivity contribution in [3.05, 3.63) is 106 Å². The Morgan fingerprint density at radius 1 is 0.944 bits per heavy atom. The van der Waals surface area contributed by atoms with Crippen LogP contribution in [-0.4, -0.2) is 46.6 Å². The van der Waals surface area contributed by atoms with E-state index in [2.05, 4.69) is 47.9 Å². The number of halogens is 1. The van der Waals surface area contributed by atoms with E-state index in [1.165, 1.54) is 17.2 Å². The fourth-order valence-corrected chi connectivity index (χ4v) is 6.03. The third-order valence-electron chi connectivity index (χ3n) is 8.27. The fraction of sp³-hybridized carbons (Fsp3) is 0.355. The third-order valence-corrected chi connectivity index (χ3v) is 8.27. The molecule has 1 fully saturated rings. The number of carbonyl (C=O) groups excluding carboxylic acids is 1. The molecule has 4 nitrogen and oxygen atoms in total. The van der Waals surface area contributed by atoms with Crippen LogP contribution in [0.1, 0.15) is 70.8 Å². The van der Waals surface area contributed by atoms with Crippen LogP contribution in [0.2, 0.25) is 0 Å². The van der Waals surface area contributed by atoms with Gasteiger partial charge in [0.15, 0.2) is 0 Å². The number of carbonyl (C=O) groups is 1. The van der Waals surface area contributed by atoms with Crippen molar-refractivity contribution in [3.8, 4) is 0 Å². The molecule has 0 bridgehead atoms. The van der Waals surface area contributed by atoms with Crippen LogP contribution in [-0.2, 0) is 13.1 Å².